The Labute approximate surface area is 111 Å². The highest BCUT2D eigenvalue weighted by Crippen LogP contribution is 2.18. The predicted molar refractivity (Wildman–Crippen MR) is 66.4 cm³/mol. The molecule has 1 aliphatic rings. The number of carbonyl (C=O) groups excluding carboxylic acids is 2. The molecular formula is C12H20N2O5. The Hall–Kier alpha value is -1.63. The number of carboxylic acid groups (broad SMARTS) is 1. The van der Waals surface area contributed by atoms with Crippen LogP contribution in [0.25, 0.3) is 0 Å². The van der Waals surface area contributed by atoms with E-state index in [-0.39, 0.29) is 31.3 Å². The first-order chi connectivity index (χ1) is 8.77. The molecule has 0 spiro atoms. The van der Waals surface area contributed by atoms with E-state index in [0.717, 1.165) is 0 Å². The van der Waals surface area contributed by atoms with Gasteiger partial charge in [0.15, 0.2) is 0 Å². The number of hydrogen-bond acceptors (Lipinski definition) is 4. The molecule has 2 atom stereocenters. The molecule has 2 unspecified atom stereocenters. The summed E-state index contributed by atoms with van der Waals surface area (Å²) in [6, 6.07) is 0. The lowest BCUT2D eigenvalue weighted by Crippen LogP contribution is -2.52. The van der Waals surface area contributed by atoms with Crippen molar-refractivity contribution in [2.24, 2.45) is 5.92 Å². The highest BCUT2D eigenvalue weighted by molar-refractivity contribution is 5.89. The number of likely N-dealkylation sites (tertiary alicyclic amines) is 1. The minimum Gasteiger partial charge on any atom is -0.481 e. The van der Waals surface area contributed by atoms with E-state index in [4.69, 9.17) is 9.84 Å². The second kappa shape index (κ2) is 6.01. The monoisotopic (exact) mass is 272 g/mol. The second-order valence-corrected chi connectivity index (χ2v) is 5.23. The lowest BCUT2D eigenvalue weighted by molar-refractivity contribution is -0.140. The van der Waals surface area contributed by atoms with Gasteiger partial charge in [0.05, 0.1) is 24.5 Å². The average molecular weight is 272 g/mol. The topological polar surface area (TPSA) is 95.9 Å². The molecule has 0 aromatic heterocycles. The summed E-state index contributed by atoms with van der Waals surface area (Å²) in [4.78, 5) is 35.8. The Morgan fingerprint density at radius 3 is 2.63 bits per heavy atom. The van der Waals surface area contributed by atoms with Crippen LogP contribution in [0.3, 0.4) is 0 Å². The fraction of sp³-hybridized carbons (Fsp3) is 0.750. The smallest absolute Gasteiger partial charge is 0.305 e. The van der Waals surface area contributed by atoms with Crippen LogP contribution in [0.5, 0.6) is 0 Å². The quantitative estimate of drug-likeness (QED) is 0.677. The van der Waals surface area contributed by atoms with Gasteiger partial charge in [-0.1, -0.05) is 0 Å². The zero-order valence-electron chi connectivity index (χ0n) is 11.4. The third-order valence-corrected chi connectivity index (χ3v) is 3.14. The van der Waals surface area contributed by atoms with Gasteiger partial charge in [-0.3, -0.25) is 14.4 Å². The summed E-state index contributed by atoms with van der Waals surface area (Å²) in [5.41, 5.74) is -0.970. The molecule has 1 rings (SSSR count). The van der Waals surface area contributed by atoms with Gasteiger partial charge in [0.2, 0.25) is 11.8 Å². The van der Waals surface area contributed by atoms with Crippen molar-refractivity contribution in [3.63, 3.8) is 0 Å². The van der Waals surface area contributed by atoms with E-state index in [1.54, 1.807) is 14.0 Å². The van der Waals surface area contributed by atoms with Gasteiger partial charge in [-0.15, -0.1) is 0 Å². The Balaban J connectivity index is 2.66. The molecule has 0 aliphatic carbocycles. The maximum atomic E-state index is 12.1. The van der Waals surface area contributed by atoms with Gasteiger partial charge in [-0.25, -0.2) is 0 Å². The number of nitrogens with one attached hydrogen (secondary N) is 1. The fourth-order valence-corrected chi connectivity index (χ4v) is 2.22. The molecule has 7 heteroatoms. The van der Waals surface area contributed by atoms with E-state index in [2.05, 4.69) is 5.32 Å². The van der Waals surface area contributed by atoms with Gasteiger partial charge in [-0.2, -0.15) is 0 Å². The summed E-state index contributed by atoms with van der Waals surface area (Å²) in [6.07, 6.45) is -0.0679. The Bertz CT molecular complexity index is 384. The van der Waals surface area contributed by atoms with Gasteiger partial charge < -0.3 is 20.1 Å². The van der Waals surface area contributed by atoms with E-state index < -0.39 is 17.4 Å². The Morgan fingerprint density at radius 1 is 1.58 bits per heavy atom. The zero-order chi connectivity index (χ0) is 14.6. The molecule has 0 aromatic rings. The Kier molecular flexibility index (Phi) is 4.88. The molecule has 2 N–H and O–H groups in total. The standard InChI is InChI=1S/C12H20N2O5/c1-12(7-19-3,5-10(16)17)13-11(18)8-4-9(15)14(2)6-8/h8H,4-7H2,1-3H3,(H,13,18)(H,16,17). The molecule has 2 amide bonds. The van der Waals surface area contributed by atoms with E-state index in [1.807, 2.05) is 0 Å². The molecule has 19 heavy (non-hydrogen) atoms. The van der Waals surface area contributed by atoms with E-state index in [0.29, 0.717) is 6.54 Å². The first-order valence-corrected chi connectivity index (χ1v) is 6.04. The maximum absolute atomic E-state index is 12.1. The lowest BCUT2D eigenvalue weighted by atomic mass is 9.97. The summed E-state index contributed by atoms with van der Waals surface area (Å²) >= 11 is 0. The average Bonchev–Trinajstić information content (AvgIpc) is 2.58. The van der Waals surface area contributed by atoms with Crippen LogP contribution in [0, 0.1) is 5.92 Å². The van der Waals surface area contributed by atoms with Gasteiger partial charge in [-0.05, 0) is 6.92 Å². The first kappa shape index (κ1) is 15.4. The van der Waals surface area contributed by atoms with Crippen molar-refractivity contribution in [2.45, 2.75) is 25.3 Å². The van der Waals surface area contributed by atoms with Gasteiger partial charge in [0.1, 0.15) is 0 Å². The van der Waals surface area contributed by atoms with Crippen molar-refractivity contribution in [1.82, 2.24) is 10.2 Å². The predicted octanol–water partition coefficient (Wildman–Crippen LogP) is -0.539. The number of hydrogen-bond donors (Lipinski definition) is 2. The molecule has 1 heterocycles. The normalized spacial score (nSPS) is 22.2. The number of rotatable bonds is 6. The molecule has 108 valence electrons. The third-order valence-electron chi connectivity index (χ3n) is 3.14. The number of ether oxygens (including phenoxy) is 1. The molecule has 0 bridgehead atoms. The van der Waals surface area contributed by atoms with Gasteiger partial charge in [0.25, 0.3) is 0 Å². The fourth-order valence-electron chi connectivity index (χ4n) is 2.22. The molecule has 0 radical (unpaired) electrons. The number of carbonyl (C=O) groups is 3. The minimum absolute atomic E-state index is 0.0770. The van der Waals surface area contributed by atoms with E-state index in [9.17, 15) is 14.4 Å². The van der Waals surface area contributed by atoms with Crippen LogP contribution in [0.2, 0.25) is 0 Å². The number of aliphatic carboxylic acids is 1. The van der Waals surface area contributed by atoms with Crippen LogP contribution < -0.4 is 5.32 Å². The zero-order valence-corrected chi connectivity index (χ0v) is 11.4. The van der Waals surface area contributed by atoms with Gasteiger partial charge >= 0.3 is 5.97 Å². The van der Waals surface area contributed by atoms with Crippen LogP contribution in [0.15, 0.2) is 0 Å². The van der Waals surface area contributed by atoms with Gasteiger partial charge in [0, 0.05) is 27.1 Å². The van der Waals surface area contributed by atoms with Crippen molar-refractivity contribution in [3.8, 4) is 0 Å². The van der Waals surface area contributed by atoms with Crippen molar-refractivity contribution in [1.29, 1.82) is 0 Å². The molecule has 1 saturated heterocycles. The molecule has 1 fully saturated rings. The third kappa shape index (κ3) is 4.20. The van der Waals surface area contributed by atoms with Crippen LogP contribution in [0.4, 0.5) is 0 Å². The van der Waals surface area contributed by atoms with E-state index >= 15 is 0 Å². The van der Waals surface area contributed by atoms with E-state index in [1.165, 1.54) is 12.0 Å². The molecular weight excluding hydrogens is 252 g/mol. The Morgan fingerprint density at radius 2 is 2.21 bits per heavy atom. The van der Waals surface area contributed by atoms with Crippen molar-refractivity contribution in [2.75, 3.05) is 27.3 Å². The van der Waals surface area contributed by atoms with Crippen LogP contribution in [-0.4, -0.2) is 60.6 Å². The van der Waals surface area contributed by atoms with Crippen molar-refractivity contribution < 1.29 is 24.2 Å². The van der Waals surface area contributed by atoms with Crippen LogP contribution in [0.1, 0.15) is 19.8 Å². The maximum Gasteiger partial charge on any atom is 0.305 e. The second-order valence-electron chi connectivity index (χ2n) is 5.23. The molecule has 0 aromatic carbocycles. The minimum atomic E-state index is -1.01. The lowest BCUT2D eigenvalue weighted by Gasteiger charge is -2.29. The summed E-state index contributed by atoms with van der Waals surface area (Å²) in [5.74, 6) is -1.83. The highest BCUT2D eigenvalue weighted by Gasteiger charge is 2.36. The molecule has 1 aliphatic heterocycles. The van der Waals surface area contributed by atoms with Crippen molar-refractivity contribution in [3.05, 3.63) is 0 Å². The summed E-state index contributed by atoms with van der Waals surface area (Å²) in [5, 5.41) is 11.6. The summed E-state index contributed by atoms with van der Waals surface area (Å²) < 4.78 is 4.96. The van der Waals surface area contributed by atoms with Crippen molar-refractivity contribution >= 4 is 17.8 Å². The van der Waals surface area contributed by atoms with Crippen LogP contribution in [-0.2, 0) is 19.1 Å². The van der Waals surface area contributed by atoms with Crippen LogP contribution >= 0.6 is 0 Å². The first-order valence-electron chi connectivity index (χ1n) is 6.04. The molecule has 0 saturated carbocycles. The number of nitrogens with zero attached hydrogens (tertiary/aromatic N) is 1. The highest BCUT2D eigenvalue weighted by atomic mass is 16.5. The number of amides is 2. The summed E-state index contributed by atoms with van der Waals surface area (Å²) in [7, 11) is 3.08. The molecule has 7 nitrogen and oxygen atoms in total. The largest absolute Gasteiger partial charge is 0.481 e. The number of methoxy groups -OCH3 is 1. The number of carboxylic acids is 1. The SMILES string of the molecule is COCC(C)(CC(=O)O)NC(=O)C1CC(=O)N(C)C1. The summed E-state index contributed by atoms with van der Waals surface area (Å²) in [6.45, 7) is 2.07.